The number of anilines is 2. The first kappa shape index (κ1) is 14.2. The zero-order valence-electron chi connectivity index (χ0n) is 10.5. The minimum Gasteiger partial charge on any atom is -0.394 e. The summed E-state index contributed by atoms with van der Waals surface area (Å²) in [4.78, 5) is 14.5. The summed E-state index contributed by atoms with van der Waals surface area (Å²) >= 11 is 0. The van der Waals surface area contributed by atoms with E-state index in [9.17, 15) is 10.1 Å². The van der Waals surface area contributed by atoms with E-state index in [1.807, 2.05) is 13.8 Å². The normalized spacial score (nSPS) is 11.9. The highest BCUT2D eigenvalue weighted by molar-refractivity contribution is 5.60. The molecule has 0 fully saturated rings. The quantitative estimate of drug-likeness (QED) is 0.505. The van der Waals surface area contributed by atoms with Crippen LogP contribution in [0.4, 0.5) is 17.3 Å². The van der Waals surface area contributed by atoms with Gasteiger partial charge in [0.05, 0.1) is 17.6 Å². The molecule has 0 saturated heterocycles. The van der Waals surface area contributed by atoms with Crippen LogP contribution in [0.1, 0.15) is 20.3 Å². The third kappa shape index (κ3) is 3.56. The summed E-state index contributed by atoms with van der Waals surface area (Å²) in [5.41, 5.74) is -0.0939. The minimum atomic E-state index is -0.491. The molecule has 7 heteroatoms. The van der Waals surface area contributed by atoms with Gasteiger partial charge in [0.2, 0.25) is 5.82 Å². The standard InChI is InChI=1S/C11H18N4O3/c1-3-8(7-16)13-11-9(15(17)18)5-6-10(14-11)12-4-2/h5-6,8,16H,3-4,7H2,1-2H3,(H2,12,13,14). The Hall–Kier alpha value is -1.89. The van der Waals surface area contributed by atoms with Crippen LogP contribution in [0.15, 0.2) is 12.1 Å². The second kappa shape index (κ2) is 6.75. The Kier molecular flexibility index (Phi) is 5.31. The third-order valence-electron chi connectivity index (χ3n) is 2.48. The van der Waals surface area contributed by atoms with Gasteiger partial charge in [0.15, 0.2) is 0 Å². The molecule has 0 bridgehead atoms. The van der Waals surface area contributed by atoms with E-state index in [0.717, 1.165) is 0 Å². The monoisotopic (exact) mass is 254 g/mol. The van der Waals surface area contributed by atoms with E-state index >= 15 is 0 Å². The summed E-state index contributed by atoms with van der Waals surface area (Å²) in [5.74, 6) is 0.748. The van der Waals surface area contributed by atoms with Gasteiger partial charge in [-0.25, -0.2) is 4.98 Å². The maximum Gasteiger partial charge on any atom is 0.311 e. The van der Waals surface area contributed by atoms with Crippen LogP contribution >= 0.6 is 0 Å². The summed E-state index contributed by atoms with van der Waals surface area (Å²) in [6, 6.07) is 2.72. The van der Waals surface area contributed by atoms with Gasteiger partial charge >= 0.3 is 5.69 Å². The average molecular weight is 254 g/mol. The topological polar surface area (TPSA) is 100 Å². The summed E-state index contributed by atoms with van der Waals surface area (Å²) in [6.07, 6.45) is 0.654. The number of rotatable bonds is 7. The van der Waals surface area contributed by atoms with Crippen LogP contribution in [0.5, 0.6) is 0 Å². The zero-order valence-corrected chi connectivity index (χ0v) is 10.5. The van der Waals surface area contributed by atoms with Crippen LogP contribution in [0.2, 0.25) is 0 Å². The van der Waals surface area contributed by atoms with Crippen LogP contribution in [-0.4, -0.2) is 34.2 Å². The number of nitrogens with zero attached hydrogens (tertiary/aromatic N) is 2. The second-order valence-corrected chi connectivity index (χ2v) is 3.78. The summed E-state index contributed by atoms with van der Waals surface area (Å²) in [6.45, 7) is 4.38. The van der Waals surface area contributed by atoms with Crippen LogP contribution < -0.4 is 10.6 Å². The van der Waals surface area contributed by atoms with Crippen molar-refractivity contribution in [3.8, 4) is 0 Å². The molecule has 7 nitrogen and oxygen atoms in total. The largest absolute Gasteiger partial charge is 0.394 e. The van der Waals surface area contributed by atoms with Crippen molar-refractivity contribution in [1.29, 1.82) is 0 Å². The predicted molar refractivity (Wildman–Crippen MR) is 69.8 cm³/mol. The van der Waals surface area contributed by atoms with Gasteiger partial charge < -0.3 is 15.7 Å². The van der Waals surface area contributed by atoms with Crippen molar-refractivity contribution < 1.29 is 10.0 Å². The van der Waals surface area contributed by atoms with Crippen LogP contribution in [0.3, 0.4) is 0 Å². The van der Waals surface area contributed by atoms with E-state index in [2.05, 4.69) is 15.6 Å². The molecule has 0 aromatic carbocycles. The Balaban J connectivity index is 3.02. The number of nitro groups is 1. The molecule has 1 aromatic rings. The van der Waals surface area contributed by atoms with Gasteiger partial charge in [-0.05, 0) is 19.4 Å². The fourth-order valence-corrected chi connectivity index (χ4v) is 1.46. The van der Waals surface area contributed by atoms with Crippen LogP contribution in [-0.2, 0) is 0 Å². The Labute approximate surface area is 105 Å². The molecule has 1 rings (SSSR count). The number of aliphatic hydroxyl groups is 1. The predicted octanol–water partition coefficient (Wildman–Crippen LogP) is 1.60. The van der Waals surface area contributed by atoms with Gasteiger partial charge in [-0.2, -0.15) is 0 Å². The molecule has 100 valence electrons. The molecule has 0 aliphatic carbocycles. The molecule has 0 radical (unpaired) electrons. The molecule has 1 heterocycles. The average Bonchev–Trinajstić information content (AvgIpc) is 2.36. The Morgan fingerprint density at radius 3 is 2.72 bits per heavy atom. The summed E-state index contributed by atoms with van der Waals surface area (Å²) in [7, 11) is 0. The first-order valence-electron chi connectivity index (χ1n) is 5.89. The summed E-state index contributed by atoms with van der Waals surface area (Å²) in [5, 5.41) is 25.9. The van der Waals surface area contributed by atoms with Crippen molar-refractivity contribution in [3.05, 3.63) is 22.2 Å². The first-order chi connectivity index (χ1) is 8.62. The van der Waals surface area contributed by atoms with Crippen molar-refractivity contribution in [3.63, 3.8) is 0 Å². The molecule has 0 spiro atoms. The van der Waals surface area contributed by atoms with E-state index in [0.29, 0.717) is 18.8 Å². The van der Waals surface area contributed by atoms with Crippen molar-refractivity contribution in [2.45, 2.75) is 26.3 Å². The third-order valence-corrected chi connectivity index (χ3v) is 2.48. The van der Waals surface area contributed by atoms with Gasteiger partial charge in [-0.15, -0.1) is 0 Å². The lowest BCUT2D eigenvalue weighted by Gasteiger charge is -2.15. The lowest BCUT2D eigenvalue weighted by molar-refractivity contribution is -0.384. The SMILES string of the molecule is CCNc1ccc([N+](=O)[O-])c(NC(CC)CO)n1. The first-order valence-corrected chi connectivity index (χ1v) is 5.89. The number of hydrogen-bond acceptors (Lipinski definition) is 6. The number of nitrogens with one attached hydrogen (secondary N) is 2. The van der Waals surface area contributed by atoms with E-state index in [1.165, 1.54) is 6.07 Å². The number of aromatic nitrogens is 1. The van der Waals surface area contributed by atoms with Crippen molar-refractivity contribution in [2.24, 2.45) is 0 Å². The van der Waals surface area contributed by atoms with Crippen LogP contribution in [0.25, 0.3) is 0 Å². The molecule has 1 aromatic heterocycles. The Bertz CT molecular complexity index is 407. The van der Waals surface area contributed by atoms with Gasteiger partial charge in [-0.3, -0.25) is 10.1 Å². The van der Waals surface area contributed by atoms with Crippen molar-refractivity contribution >= 4 is 17.3 Å². The molecule has 18 heavy (non-hydrogen) atoms. The Morgan fingerprint density at radius 1 is 1.50 bits per heavy atom. The van der Waals surface area contributed by atoms with Gasteiger partial charge in [0, 0.05) is 12.6 Å². The van der Waals surface area contributed by atoms with E-state index in [-0.39, 0.29) is 24.2 Å². The lowest BCUT2D eigenvalue weighted by atomic mass is 10.2. The lowest BCUT2D eigenvalue weighted by Crippen LogP contribution is -2.24. The molecule has 1 atom stereocenters. The molecular formula is C11H18N4O3. The highest BCUT2D eigenvalue weighted by Gasteiger charge is 2.18. The maximum atomic E-state index is 10.9. The van der Waals surface area contributed by atoms with Gasteiger partial charge in [0.1, 0.15) is 5.82 Å². The van der Waals surface area contributed by atoms with Crippen molar-refractivity contribution in [1.82, 2.24) is 4.98 Å². The fourth-order valence-electron chi connectivity index (χ4n) is 1.46. The molecule has 0 saturated carbocycles. The fraction of sp³-hybridized carbons (Fsp3) is 0.545. The molecule has 3 N–H and O–H groups in total. The highest BCUT2D eigenvalue weighted by atomic mass is 16.6. The summed E-state index contributed by atoms with van der Waals surface area (Å²) < 4.78 is 0. The number of pyridine rings is 1. The van der Waals surface area contributed by atoms with Gasteiger partial charge in [-0.1, -0.05) is 6.92 Å². The smallest absolute Gasteiger partial charge is 0.311 e. The van der Waals surface area contributed by atoms with E-state index < -0.39 is 4.92 Å². The molecule has 0 aliphatic heterocycles. The minimum absolute atomic E-state index is 0.0939. The molecule has 0 amide bonds. The number of aliphatic hydroxyl groups excluding tert-OH is 1. The maximum absolute atomic E-state index is 10.9. The van der Waals surface area contributed by atoms with Crippen molar-refractivity contribution in [2.75, 3.05) is 23.8 Å². The van der Waals surface area contributed by atoms with Gasteiger partial charge in [0.25, 0.3) is 0 Å². The number of hydrogen-bond donors (Lipinski definition) is 3. The van der Waals surface area contributed by atoms with E-state index in [4.69, 9.17) is 5.11 Å². The molecular weight excluding hydrogens is 236 g/mol. The Morgan fingerprint density at radius 2 is 2.22 bits per heavy atom. The molecule has 0 aliphatic rings. The highest BCUT2D eigenvalue weighted by Crippen LogP contribution is 2.24. The second-order valence-electron chi connectivity index (χ2n) is 3.78. The zero-order chi connectivity index (χ0) is 13.5. The molecule has 1 unspecified atom stereocenters. The van der Waals surface area contributed by atoms with E-state index in [1.54, 1.807) is 6.07 Å². The van der Waals surface area contributed by atoms with Crippen LogP contribution in [0, 0.1) is 10.1 Å².